The number of hydrazine groups is 1. The van der Waals surface area contributed by atoms with Gasteiger partial charge in [0.2, 0.25) is 0 Å². The molecule has 28 heavy (non-hydrogen) atoms. The Labute approximate surface area is 165 Å². The zero-order valence-corrected chi connectivity index (χ0v) is 16.5. The largest absolute Gasteiger partial charge is 0.350 e. The molecule has 0 fully saturated rings. The summed E-state index contributed by atoms with van der Waals surface area (Å²) in [5, 5.41) is 0.845. The molecule has 0 unspecified atom stereocenters. The summed E-state index contributed by atoms with van der Waals surface area (Å²) in [5.41, 5.74) is 8.14. The highest BCUT2D eigenvalue weighted by Crippen LogP contribution is 2.19. The number of hydrogen-bond acceptors (Lipinski definition) is 3. The molecule has 0 atom stereocenters. The summed E-state index contributed by atoms with van der Waals surface area (Å²) >= 11 is 0. The maximum atomic E-state index is 12.5. The maximum Gasteiger partial charge on any atom is 0.271 e. The Hall–Kier alpha value is -3.12. The van der Waals surface area contributed by atoms with E-state index in [0.29, 0.717) is 11.1 Å². The SMILES string of the molecule is CCN(CC)Cc1ccc(C(=O)NNC(=O)c2cn(C)c3ccccc23)cc1. The minimum absolute atomic E-state index is 0.344. The van der Waals surface area contributed by atoms with Crippen molar-refractivity contribution >= 4 is 22.7 Å². The first-order valence-corrected chi connectivity index (χ1v) is 9.49. The second kappa shape index (κ2) is 8.71. The summed E-state index contributed by atoms with van der Waals surface area (Å²) in [6.45, 7) is 7.08. The summed E-state index contributed by atoms with van der Waals surface area (Å²) in [6, 6.07) is 15.1. The van der Waals surface area contributed by atoms with Crippen LogP contribution in [0.25, 0.3) is 10.9 Å². The number of para-hydroxylation sites is 1. The van der Waals surface area contributed by atoms with Gasteiger partial charge in [-0.05, 0) is 36.9 Å². The molecule has 0 aliphatic heterocycles. The molecule has 0 saturated heterocycles. The second-order valence-electron chi connectivity index (χ2n) is 6.74. The van der Waals surface area contributed by atoms with Crippen LogP contribution in [0, 0.1) is 0 Å². The number of carbonyl (C=O) groups is 2. The number of carbonyl (C=O) groups excluding carboxylic acids is 2. The minimum Gasteiger partial charge on any atom is -0.350 e. The van der Waals surface area contributed by atoms with Gasteiger partial charge >= 0.3 is 0 Å². The van der Waals surface area contributed by atoms with Gasteiger partial charge in [-0.15, -0.1) is 0 Å². The van der Waals surface area contributed by atoms with Gasteiger partial charge in [0.05, 0.1) is 5.56 Å². The van der Waals surface area contributed by atoms with Crippen LogP contribution in [-0.4, -0.2) is 34.4 Å². The van der Waals surface area contributed by atoms with Crippen LogP contribution < -0.4 is 10.9 Å². The second-order valence-corrected chi connectivity index (χ2v) is 6.74. The molecule has 3 rings (SSSR count). The van der Waals surface area contributed by atoms with E-state index in [0.717, 1.165) is 36.1 Å². The lowest BCUT2D eigenvalue weighted by molar-refractivity contribution is 0.0847. The third kappa shape index (κ3) is 4.23. The summed E-state index contributed by atoms with van der Waals surface area (Å²) in [6.07, 6.45) is 1.76. The first kappa shape index (κ1) is 19.6. The molecule has 2 amide bonds. The van der Waals surface area contributed by atoms with E-state index in [-0.39, 0.29) is 11.8 Å². The van der Waals surface area contributed by atoms with Crippen LogP contribution in [0.4, 0.5) is 0 Å². The molecule has 6 nitrogen and oxygen atoms in total. The lowest BCUT2D eigenvalue weighted by Gasteiger charge is -2.18. The van der Waals surface area contributed by atoms with E-state index < -0.39 is 0 Å². The Bertz CT molecular complexity index is 972. The number of aromatic nitrogens is 1. The normalized spacial score (nSPS) is 11.0. The van der Waals surface area contributed by atoms with Gasteiger partial charge in [0.15, 0.2) is 0 Å². The molecule has 1 aromatic heterocycles. The topological polar surface area (TPSA) is 66.4 Å². The lowest BCUT2D eigenvalue weighted by atomic mass is 10.1. The molecule has 146 valence electrons. The third-order valence-corrected chi connectivity index (χ3v) is 4.95. The predicted octanol–water partition coefficient (Wildman–Crippen LogP) is 3.09. The van der Waals surface area contributed by atoms with Crippen LogP contribution in [0.5, 0.6) is 0 Å². The van der Waals surface area contributed by atoms with E-state index >= 15 is 0 Å². The molecular weight excluding hydrogens is 352 g/mol. The summed E-state index contributed by atoms with van der Waals surface area (Å²) in [4.78, 5) is 27.2. The summed E-state index contributed by atoms with van der Waals surface area (Å²) < 4.78 is 1.89. The Morgan fingerprint density at radius 2 is 1.57 bits per heavy atom. The number of hydrogen-bond donors (Lipinski definition) is 2. The molecule has 0 radical (unpaired) electrons. The molecule has 2 aromatic carbocycles. The Morgan fingerprint density at radius 1 is 0.929 bits per heavy atom. The van der Waals surface area contributed by atoms with Gasteiger partial charge in [-0.2, -0.15) is 0 Å². The monoisotopic (exact) mass is 378 g/mol. The van der Waals surface area contributed by atoms with Gasteiger partial charge in [-0.1, -0.05) is 44.2 Å². The molecule has 1 heterocycles. The van der Waals surface area contributed by atoms with Crippen LogP contribution in [-0.2, 0) is 13.6 Å². The van der Waals surface area contributed by atoms with E-state index in [1.165, 1.54) is 0 Å². The highest BCUT2D eigenvalue weighted by Gasteiger charge is 2.14. The predicted molar refractivity (Wildman–Crippen MR) is 111 cm³/mol. The van der Waals surface area contributed by atoms with Crippen molar-refractivity contribution in [2.24, 2.45) is 7.05 Å². The molecule has 6 heteroatoms. The molecule has 3 aromatic rings. The molecular formula is C22H26N4O2. The Balaban J connectivity index is 1.62. The standard InChI is InChI=1S/C22H26N4O2/c1-4-26(5-2)14-16-10-12-17(13-11-16)21(27)23-24-22(28)19-15-25(3)20-9-7-6-8-18(19)20/h6-13,15H,4-5,14H2,1-3H3,(H,23,27)(H,24,28). The first-order valence-electron chi connectivity index (χ1n) is 9.49. The Morgan fingerprint density at radius 3 is 2.25 bits per heavy atom. The van der Waals surface area contributed by atoms with Gasteiger partial charge in [0, 0.05) is 36.3 Å². The van der Waals surface area contributed by atoms with E-state index in [4.69, 9.17) is 0 Å². The van der Waals surface area contributed by atoms with E-state index in [9.17, 15) is 9.59 Å². The van der Waals surface area contributed by atoms with E-state index in [1.54, 1.807) is 18.3 Å². The smallest absolute Gasteiger partial charge is 0.271 e. The first-order chi connectivity index (χ1) is 13.5. The van der Waals surface area contributed by atoms with Gasteiger partial charge in [-0.3, -0.25) is 25.3 Å². The maximum absolute atomic E-state index is 12.5. The lowest BCUT2D eigenvalue weighted by Crippen LogP contribution is -2.41. The number of fused-ring (bicyclic) bond motifs is 1. The third-order valence-electron chi connectivity index (χ3n) is 4.95. The Kier molecular flexibility index (Phi) is 6.11. The van der Waals surface area contributed by atoms with Crippen molar-refractivity contribution in [2.75, 3.05) is 13.1 Å². The zero-order chi connectivity index (χ0) is 20.1. The van der Waals surface area contributed by atoms with Crippen molar-refractivity contribution in [3.8, 4) is 0 Å². The van der Waals surface area contributed by atoms with Gasteiger partial charge in [0.1, 0.15) is 0 Å². The number of nitrogens with one attached hydrogen (secondary N) is 2. The number of nitrogens with zero attached hydrogens (tertiary/aromatic N) is 2. The number of benzene rings is 2. The van der Waals surface area contributed by atoms with Gasteiger partial charge in [0.25, 0.3) is 11.8 Å². The quantitative estimate of drug-likeness (QED) is 0.648. The van der Waals surface area contributed by atoms with Crippen LogP contribution in [0.3, 0.4) is 0 Å². The summed E-state index contributed by atoms with van der Waals surface area (Å²) in [5.74, 6) is -0.689. The fraction of sp³-hybridized carbons (Fsp3) is 0.273. The molecule has 0 aliphatic carbocycles. The van der Waals surface area contributed by atoms with Gasteiger partial charge in [-0.25, -0.2) is 0 Å². The van der Waals surface area contributed by atoms with Crippen molar-refractivity contribution in [3.63, 3.8) is 0 Å². The molecule has 0 aliphatic rings. The van der Waals surface area contributed by atoms with E-state index in [1.807, 2.05) is 48.0 Å². The highest BCUT2D eigenvalue weighted by atomic mass is 16.2. The average Bonchev–Trinajstić information content (AvgIpc) is 3.07. The zero-order valence-electron chi connectivity index (χ0n) is 16.5. The highest BCUT2D eigenvalue weighted by molar-refractivity contribution is 6.07. The number of rotatable bonds is 6. The molecule has 0 bridgehead atoms. The molecule has 2 N–H and O–H groups in total. The van der Waals surface area contributed by atoms with Crippen molar-refractivity contribution in [3.05, 3.63) is 71.4 Å². The number of amides is 2. The van der Waals surface area contributed by atoms with Crippen LogP contribution in [0.15, 0.2) is 54.7 Å². The van der Waals surface area contributed by atoms with Crippen LogP contribution in [0.2, 0.25) is 0 Å². The van der Waals surface area contributed by atoms with Crippen molar-refractivity contribution in [1.82, 2.24) is 20.3 Å². The fourth-order valence-corrected chi connectivity index (χ4v) is 3.24. The van der Waals surface area contributed by atoms with Crippen LogP contribution >= 0.6 is 0 Å². The van der Waals surface area contributed by atoms with Gasteiger partial charge < -0.3 is 4.57 Å². The minimum atomic E-state index is -0.344. The van der Waals surface area contributed by atoms with Crippen molar-refractivity contribution in [2.45, 2.75) is 20.4 Å². The summed E-state index contributed by atoms with van der Waals surface area (Å²) in [7, 11) is 1.89. The fourth-order valence-electron chi connectivity index (χ4n) is 3.24. The van der Waals surface area contributed by atoms with Crippen molar-refractivity contribution < 1.29 is 9.59 Å². The van der Waals surface area contributed by atoms with Crippen LogP contribution in [0.1, 0.15) is 40.1 Å². The average molecular weight is 378 g/mol. The van der Waals surface area contributed by atoms with Crippen molar-refractivity contribution in [1.29, 1.82) is 0 Å². The molecule has 0 spiro atoms. The number of aryl methyl sites for hydroxylation is 1. The molecule has 0 saturated carbocycles. The van der Waals surface area contributed by atoms with E-state index in [2.05, 4.69) is 29.6 Å².